The van der Waals surface area contributed by atoms with E-state index in [-0.39, 0.29) is 6.61 Å². The van der Waals surface area contributed by atoms with Gasteiger partial charge in [0.1, 0.15) is 5.01 Å². The second kappa shape index (κ2) is 7.50. The number of aliphatic hydroxyl groups excluding tert-OH is 1. The van der Waals surface area contributed by atoms with Crippen molar-refractivity contribution in [2.75, 3.05) is 18.5 Å². The normalized spacial score (nSPS) is 10.7. The van der Waals surface area contributed by atoms with E-state index >= 15 is 0 Å². The molecule has 3 aromatic rings. The van der Waals surface area contributed by atoms with E-state index in [2.05, 4.69) is 21.7 Å². The Morgan fingerprint density at radius 1 is 1.13 bits per heavy atom. The fourth-order valence-corrected chi connectivity index (χ4v) is 3.34. The average Bonchev–Trinajstić information content (AvgIpc) is 3.00. The lowest BCUT2D eigenvalue weighted by atomic mass is 10.2. The molecule has 118 valence electrons. The minimum Gasteiger partial charge on any atom is -0.396 e. The Morgan fingerprint density at radius 2 is 1.91 bits per heavy atom. The van der Waals surface area contributed by atoms with Crippen LogP contribution in [0.1, 0.15) is 6.42 Å². The van der Waals surface area contributed by atoms with Crippen LogP contribution < -0.4 is 10.6 Å². The SMILES string of the molecule is OCCCNC(=S)Nc1ccc(-c2nc3ccccc3s2)cc1. The number of hydrogen-bond donors (Lipinski definition) is 3. The minimum atomic E-state index is 0.159. The summed E-state index contributed by atoms with van der Waals surface area (Å²) < 4.78 is 1.19. The quantitative estimate of drug-likeness (QED) is 0.488. The van der Waals surface area contributed by atoms with E-state index < -0.39 is 0 Å². The van der Waals surface area contributed by atoms with E-state index in [0.717, 1.165) is 21.8 Å². The van der Waals surface area contributed by atoms with Gasteiger partial charge in [0, 0.05) is 24.4 Å². The summed E-state index contributed by atoms with van der Waals surface area (Å²) in [5.74, 6) is 0. The molecule has 0 saturated heterocycles. The minimum absolute atomic E-state index is 0.159. The lowest BCUT2D eigenvalue weighted by molar-refractivity contribution is 0.289. The van der Waals surface area contributed by atoms with Crippen LogP contribution in [0.2, 0.25) is 0 Å². The van der Waals surface area contributed by atoms with Gasteiger partial charge in [-0.15, -0.1) is 11.3 Å². The highest BCUT2D eigenvalue weighted by Gasteiger charge is 2.06. The van der Waals surface area contributed by atoms with Crippen molar-refractivity contribution in [3.63, 3.8) is 0 Å². The van der Waals surface area contributed by atoms with Gasteiger partial charge in [-0.3, -0.25) is 0 Å². The molecule has 6 heteroatoms. The molecule has 1 heterocycles. The third kappa shape index (κ3) is 4.04. The number of nitrogens with zero attached hydrogens (tertiary/aromatic N) is 1. The molecule has 0 unspecified atom stereocenters. The molecule has 23 heavy (non-hydrogen) atoms. The van der Waals surface area contributed by atoms with Crippen LogP contribution in [0.5, 0.6) is 0 Å². The zero-order valence-electron chi connectivity index (χ0n) is 12.5. The summed E-state index contributed by atoms with van der Waals surface area (Å²) >= 11 is 6.90. The van der Waals surface area contributed by atoms with Crippen molar-refractivity contribution in [1.82, 2.24) is 10.3 Å². The van der Waals surface area contributed by atoms with E-state index in [0.29, 0.717) is 18.1 Å². The number of anilines is 1. The third-order valence-corrected chi connectivity index (χ3v) is 4.64. The monoisotopic (exact) mass is 343 g/mol. The highest BCUT2D eigenvalue weighted by molar-refractivity contribution is 7.80. The van der Waals surface area contributed by atoms with E-state index in [1.807, 2.05) is 42.5 Å². The zero-order valence-corrected chi connectivity index (χ0v) is 14.1. The maximum Gasteiger partial charge on any atom is 0.170 e. The first-order chi connectivity index (χ1) is 11.3. The van der Waals surface area contributed by atoms with Crippen molar-refractivity contribution in [1.29, 1.82) is 0 Å². The Bertz CT molecular complexity index is 766. The van der Waals surface area contributed by atoms with E-state index in [9.17, 15) is 0 Å². The van der Waals surface area contributed by atoms with Gasteiger partial charge >= 0.3 is 0 Å². The van der Waals surface area contributed by atoms with Crippen molar-refractivity contribution in [2.45, 2.75) is 6.42 Å². The summed E-state index contributed by atoms with van der Waals surface area (Å²) in [4.78, 5) is 4.66. The molecule has 3 rings (SSSR count). The number of para-hydroxylation sites is 1. The maximum atomic E-state index is 8.75. The first-order valence-corrected chi connectivity index (χ1v) is 8.60. The highest BCUT2D eigenvalue weighted by Crippen LogP contribution is 2.30. The standard InChI is InChI=1S/C17H17N3OS2/c21-11-3-10-18-17(22)19-13-8-6-12(7-9-13)16-20-14-4-1-2-5-15(14)23-16/h1-2,4-9,21H,3,10-11H2,(H2,18,19,22). The molecule has 0 amide bonds. The second-order valence-electron chi connectivity index (χ2n) is 5.02. The molecule has 2 aromatic carbocycles. The number of thiocarbonyl (C=S) groups is 1. The molecule has 0 aliphatic heterocycles. The van der Waals surface area contributed by atoms with Crippen molar-refractivity contribution in [3.05, 3.63) is 48.5 Å². The number of thiazole rings is 1. The van der Waals surface area contributed by atoms with Crippen LogP contribution in [0.15, 0.2) is 48.5 Å². The van der Waals surface area contributed by atoms with E-state index in [1.165, 1.54) is 4.70 Å². The van der Waals surface area contributed by atoms with Crippen LogP contribution in [0.3, 0.4) is 0 Å². The van der Waals surface area contributed by atoms with Gasteiger partial charge in [0.15, 0.2) is 5.11 Å². The Kier molecular flexibility index (Phi) is 5.17. The van der Waals surface area contributed by atoms with Crippen LogP contribution in [-0.4, -0.2) is 28.4 Å². The average molecular weight is 343 g/mol. The fourth-order valence-electron chi connectivity index (χ4n) is 2.15. The number of aromatic nitrogens is 1. The number of rotatable bonds is 5. The van der Waals surface area contributed by atoms with Gasteiger partial charge in [0.25, 0.3) is 0 Å². The van der Waals surface area contributed by atoms with Crippen molar-refractivity contribution < 1.29 is 5.11 Å². The first-order valence-electron chi connectivity index (χ1n) is 7.38. The molecule has 1 aromatic heterocycles. The predicted molar refractivity (Wildman–Crippen MR) is 101 cm³/mol. The van der Waals surface area contributed by atoms with Gasteiger partial charge in [-0.2, -0.15) is 0 Å². The molecular weight excluding hydrogens is 326 g/mol. The Labute approximate surface area is 144 Å². The smallest absolute Gasteiger partial charge is 0.170 e. The number of aliphatic hydroxyl groups is 1. The molecule has 0 saturated carbocycles. The van der Waals surface area contributed by atoms with Crippen LogP contribution in [0.25, 0.3) is 20.8 Å². The molecule has 0 spiro atoms. The second-order valence-corrected chi connectivity index (χ2v) is 6.46. The van der Waals surface area contributed by atoms with Crippen molar-refractivity contribution in [2.24, 2.45) is 0 Å². The molecule has 0 aliphatic rings. The van der Waals surface area contributed by atoms with Crippen LogP contribution in [-0.2, 0) is 0 Å². The third-order valence-electron chi connectivity index (χ3n) is 3.30. The van der Waals surface area contributed by atoms with Gasteiger partial charge in [-0.1, -0.05) is 12.1 Å². The largest absolute Gasteiger partial charge is 0.396 e. The van der Waals surface area contributed by atoms with Crippen molar-refractivity contribution >= 4 is 44.6 Å². The highest BCUT2D eigenvalue weighted by atomic mass is 32.1. The fraction of sp³-hybridized carbons (Fsp3) is 0.176. The van der Waals surface area contributed by atoms with E-state index in [4.69, 9.17) is 17.3 Å². The summed E-state index contributed by atoms with van der Waals surface area (Å²) in [6, 6.07) is 16.2. The number of benzene rings is 2. The summed E-state index contributed by atoms with van der Waals surface area (Å²) in [5.41, 5.74) is 3.05. The molecule has 0 fully saturated rings. The Hall–Kier alpha value is -2.02. The van der Waals surface area contributed by atoms with Gasteiger partial charge in [-0.05, 0) is 55.0 Å². The molecular formula is C17H17N3OS2. The zero-order chi connectivity index (χ0) is 16.1. The molecule has 0 aliphatic carbocycles. The van der Waals surface area contributed by atoms with Crippen molar-refractivity contribution in [3.8, 4) is 10.6 Å². The number of fused-ring (bicyclic) bond motifs is 1. The lowest BCUT2D eigenvalue weighted by Crippen LogP contribution is -2.29. The van der Waals surface area contributed by atoms with Crippen LogP contribution in [0.4, 0.5) is 5.69 Å². The Morgan fingerprint density at radius 3 is 2.65 bits per heavy atom. The molecule has 0 atom stereocenters. The summed E-state index contributed by atoms with van der Waals surface area (Å²) in [6.45, 7) is 0.818. The molecule has 4 nitrogen and oxygen atoms in total. The van der Waals surface area contributed by atoms with Crippen LogP contribution >= 0.6 is 23.6 Å². The molecule has 0 bridgehead atoms. The van der Waals surface area contributed by atoms with E-state index in [1.54, 1.807) is 11.3 Å². The van der Waals surface area contributed by atoms with Crippen LogP contribution in [0, 0.1) is 0 Å². The number of nitrogens with one attached hydrogen (secondary N) is 2. The molecule has 0 radical (unpaired) electrons. The van der Waals surface area contributed by atoms with Gasteiger partial charge in [0.05, 0.1) is 10.2 Å². The number of hydrogen-bond acceptors (Lipinski definition) is 4. The summed E-state index contributed by atoms with van der Waals surface area (Å²) in [7, 11) is 0. The predicted octanol–water partition coefficient (Wildman–Crippen LogP) is 3.63. The topological polar surface area (TPSA) is 57.2 Å². The van der Waals surface area contributed by atoms with Gasteiger partial charge in [0.2, 0.25) is 0 Å². The maximum absolute atomic E-state index is 8.75. The lowest BCUT2D eigenvalue weighted by Gasteiger charge is -2.10. The first kappa shape index (κ1) is 15.9. The molecule has 3 N–H and O–H groups in total. The summed E-state index contributed by atoms with van der Waals surface area (Å²) in [6.07, 6.45) is 0.679. The van der Waals surface area contributed by atoms with Gasteiger partial charge < -0.3 is 15.7 Å². The Balaban J connectivity index is 1.68. The van der Waals surface area contributed by atoms with Gasteiger partial charge in [-0.25, -0.2) is 4.98 Å². The summed E-state index contributed by atoms with van der Waals surface area (Å²) in [5, 5.41) is 16.5.